The number of para-hydroxylation sites is 1. The van der Waals surface area contributed by atoms with E-state index in [-0.39, 0.29) is 11.6 Å². The molecular formula is C21H21NO5. The number of allylic oxidation sites excluding steroid dienone is 4. The topological polar surface area (TPSA) is 92.7 Å². The molecule has 0 amide bonds. The fraction of sp³-hybridized carbons (Fsp3) is 0.381. The van der Waals surface area contributed by atoms with Crippen LogP contribution in [-0.4, -0.2) is 29.2 Å². The van der Waals surface area contributed by atoms with E-state index < -0.39 is 18.5 Å². The molecule has 0 fully saturated rings. The van der Waals surface area contributed by atoms with Gasteiger partial charge in [0.2, 0.25) is 0 Å². The number of rotatable bonds is 4. The highest BCUT2D eigenvalue weighted by Gasteiger charge is 2.41. The molecule has 0 spiro atoms. The number of carbonyl (C=O) groups excluding carboxylic acids is 2. The van der Waals surface area contributed by atoms with E-state index in [4.69, 9.17) is 9.84 Å². The quantitative estimate of drug-likeness (QED) is 0.850. The molecule has 1 aromatic carbocycles. The summed E-state index contributed by atoms with van der Waals surface area (Å²) in [5.74, 6) is -1.06. The normalized spacial score (nSPS) is 20.1. The van der Waals surface area contributed by atoms with Gasteiger partial charge in [-0.2, -0.15) is 0 Å². The van der Waals surface area contributed by atoms with Crippen molar-refractivity contribution in [1.29, 1.82) is 0 Å². The molecule has 1 aliphatic heterocycles. The molecule has 4 rings (SSSR count). The van der Waals surface area contributed by atoms with E-state index in [9.17, 15) is 14.4 Å². The van der Waals surface area contributed by atoms with Gasteiger partial charge in [-0.25, -0.2) is 4.79 Å². The van der Waals surface area contributed by atoms with E-state index in [1.54, 1.807) is 12.1 Å². The Bertz CT molecular complexity index is 854. The number of ketones is 2. The highest BCUT2D eigenvalue weighted by Crippen LogP contribution is 2.47. The second-order valence-electron chi connectivity index (χ2n) is 7.12. The van der Waals surface area contributed by atoms with Gasteiger partial charge in [-0.1, -0.05) is 18.2 Å². The van der Waals surface area contributed by atoms with Gasteiger partial charge in [-0.3, -0.25) is 9.59 Å². The first-order valence-electron chi connectivity index (χ1n) is 9.29. The molecule has 3 aliphatic rings. The molecule has 27 heavy (non-hydrogen) atoms. The first kappa shape index (κ1) is 17.5. The maximum atomic E-state index is 12.8. The van der Waals surface area contributed by atoms with Crippen LogP contribution in [0.3, 0.4) is 0 Å². The Balaban J connectivity index is 1.86. The summed E-state index contributed by atoms with van der Waals surface area (Å²) in [6, 6.07) is 7.11. The number of carboxylic acids is 1. The van der Waals surface area contributed by atoms with Crippen LogP contribution < -0.4 is 10.1 Å². The van der Waals surface area contributed by atoms with E-state index in [0.29, 0.717) is 35.3 Å². The second kappa shape index (κ2) is 7.02. The highest BCUT2D eigenvalue weighted by atomic mass is 16.5. The summed E-state index contributed by atoms with van der Waals surface area (Å²) < 4.78 is 5.49. The number of benzene rings is 1. The Hall–Kier alpha value is -2.89. The number of Topliss-reactive ketones (excluding diaryl/α,β-unsaturated/α-hetero) is 2. The van der Waals surface area contributed by atoms with Gasteiger partial charge < -0.3 is 15.2 Å². The molecule has 0 atom stereocenters. The molecule has 1 aromatic rings. The van der Waals surface area contributed by atoms with Crippen molar-refractivity contribution in [1.82, 2.24) is 5.32 Å². The third-order valence-electron chi connectivity index (χ3n) is 5.37. The fourth-order valence-corrected chi connectivity index (χ4v) is 4.28. The van der Waals surface area contributed by atoms with Gasteiger partial charge in [0.1, 0.15) is 5.75 Å². The van der Waals surface area contributed by atoms with Crippen LogP contribution in [0, 0.1) is 0 Å². The van der Waals surface area contributed by atoms with Crippen LogP contribution in [0.4, 0.5) is 0 Å². The molecule has 0 aromatic heterocycles. The zero-order valence-electron chi connectivity index (χ0n) is 14.9. The molecule has 2 aliphatic carbocycles. The van der Waals surface area contributed by atoms with E-state index in [1.165, 1.54) is 0 Å². The zero-order chi connectivity index (χ0) is 19.0. The molecule has 2 N–H and O–H groups in total. The zero-order valence-corrected chi connectivity index (χ0v) is 14.9. The number of hydrogen-bond acceptors (Lipinski definition) is 5. The predicted octanol–water partition coefficient (Wildman–Crippen LogP) is 2.85. The standard InChI is InChI=1S/C21H21NO5/c23-15-8-3-6-13-20(15)19(21-14(22-13)7-4-9-16(21)24)12-5-1-2-10-17(12)27-11-18(25)26/h1-2,5,10,19,22H,3-4,6-9,11H2,(H,25,26). The molecule has 0 bridgehead atoms. The van der Waals surface area contributed by atoms with Crippen LogP contribution >= 0.6 is 0 Å². The lowest BCUT2D eigenvalue weighted by atomic mass is 9.71. The van der Waals surface area contributed by atoms with Crippen LogP contribution in [0.5, 0.6) is 5.75 Å². The van der Waals surface area contributed by atoms with E-state index in [2.05, 4.69) is 5.32 Å². The molecule has 0 saturated carbocycles. The molecule has 0 unspecified atom stereocenters. The summed E-state index contributed by atoms with van der Waals surface area (Å²) in [6.07, 6.45) is 4.08. The van der Waals surface area contributed by atoms with Gasteiger partial charge in [-0.15, -0.1) is 0 Å². The summed E-state index contributed by atoms with van der Waals surface area (Å²) in [6.45, 7) is -0.471. The average Bonchev–Trinajstić information content (AvgIpc) is 2.65. The number of aliphatic carboxylic acids is 1. The van der Waals surface area contributed by atoms with Crippen molar-refractivity contribution >= 4 is 17.5 Å². The summed E-state index contributed by atoms with van der Waals surface area (Å²) in [7, 11) is 0. The van der Waals surface area contributed by atoms with Gasteiger partial charge in [0.05, 0.1) is 0 Å². The van der Waals surface area contributed by atoms with Gasteiger partial charge >= 0.3 is 5.97 Å². The molecule has 6 nitrogen and oxygen atoms in total. The summed E-state index contributed by atoms with van der Waals surface area (Å²) in [4.78, 5) is 36.6. The first-order chi connectivity index (χ1) is 13.1. The molecular weight excluding hydrogens is 346 g/mol. The van der Waals surface area contributed by atoms with Gasteiger partial charge in [0.15, 0.2) is 18.2 Å². The van der Waals surface area contributed by atoms with Crippen molar-refractivity contribution in [3.63, 3.8) is 0 Å². The smallest absolute Gasteiger partial charge is 0.341 e. The van der Waals surface area contributed by atoms with Crippen molar-refractivity contribution < 1.29 is 24.2 Å². The third kappa shape index (κ3) is 3.16. The molecule has 0 saturated heterocycles. The van der Waals surface area contributed by atoms with Crippen molar-refractivity contribution in [2.24, 2.45) is 0 Å². The SMILES string of the molecule is O=C(O)COc1ccccc1C1C2=C(CCCC2=O)NC2=C1C(=O)CCC2. The average molecular weight is 367 g/mol. The maximum Gasteiger partial charge on any atom is 0.341 e. The van der Waals surface area contributed by atoms with Gasteiger partial charge in [0.25, 0.3) is 0 Å². The summed E-state index contributed by atoms with van der Waals surface area (Å²) >= 11 is 0. The number of nitrogens with one attached hydrogen (secondary N) is 1. The lowest BCUT2D eigenvalue weighted by molar-refractivity contribution is -0.139. The minimum Gasteiger partial charge on any atom is -0.482 e. The van der Waals surface area contributed by atoms with Crippen molar-refractivity contribution in [3.05, 3.63) is 52.4 Å². The van der Waals surface area contributed by atoms with E-state index in [1.807, 2.05) is 12.1 Å². The summed E-state index contributed by atoms with van der Waals surface area (Å²) in [5.41, 5.74) is 3.77. The Morgan fingerprint density at radius 2 is 1.59 bits per heavy atom. The van der Waals surface area contributed by atoms with E-state index in [0.717, 1.165) is 37.1 Å². The van der Waals surface area contributed by atoms with Crippen LogP contribution in [-0.2, 0) is 14.4 Å². The lowest BCUT2D eigenvalue weighted by Gasteiger charge is -2.37. The van der Waals surface area contributed by atoms with Crippen molar-refractivity contribution in [3.8, 4) is 5.75 Å². The molecule has 6 heteroatoms. The van der Waals surface area contributed by atoms with Crippen LogP contribution in [0.25, 0.3) is 0 Å². The van der Waals surface area contributed by atoms with Crippen LogP contribution in [0.15, 0.2) is 46.8 Å². The number of carbonyl (C=O) groups is 3. The number of ether oxygens (including phenoxy) is 1. The first-order valence-corrected chi connectivity index (χ1v) is 9.29. The number of dihydropyridines is 1. The third-order valence-corrected chi connectivity index (χ3v) is 5.37. The Morgan fingerprint density at radius 3 is 2.19 bits per heavy atom. The lowest BCUT2D eigenvalue weighted by Crippen LogP contribution is -2.36. The monoisotopic (exact) mass is 367 g/mol. The fourth-order valence-electron chi connectivity index (χ4n) is 4.28. The maximum absolute atomic E-state index is 12.8. The predicted molar refractivity (Wildman–Crippen MR) is 97.2 cm³/mol. The highest BCUT2D eigenvalue weighted by molar-refractivity contribution is 6.06. The Morgan fingerprint density at radius 1 is 1.00 bits per heavy atom. The molecule has 140 valence electrons. The molecule has 0 radical (unpaired) electrons. The number of hydrogen-bond donors (Lipinski definition) is 2. The van der Waals surface area contributed by atoms with Gasteiger partial charge in [-0.05, 0) is 31.7 Å². The Labute approximate surface area is 156 Å². The summed E-state index contributed by atoms with van der Waals surface area (Å²) in [5, 5.41) is 12.3. The van der Waals surface area contributed by atoms with Crippen molar-refractivity contribution in [2.75, 3.05) is 6.61 Å². The second-order valence-corrected chi connectivity index (χ2v) is 7.12. The largest absolute Gasteiger partial charge is 0.482 e. The van der Waals surface area contributed by atoms with Gasteiger partial charge in [0, 0.05) is 46.9 Å². The minimum absolute atomic E-state index is 0.0479. The Kier molecular flexibility index (Phi) is 4.56. The number of carboxylic acid groups (broad SMARTS) is 1. The van der Waals surface area contributed by atoms with Crippen LogP contribution in [0.2, 0.25) is 0 Å². The minimum atomic E-state index is -1.07. The van der Waals surface area contributed by atoms with Crippen LogP contribution in [0.1, 0.15) is 50.0 Å². The molecule has 1 heterocycles. The van der Waals surface area contributed by atoms with E-state index >= 15 is 0 Å². The van der Waals surface area contributed by atoms with Crippen molar-refractivity contribution in [2.45, 2.75) is 44.4 Å².